The van der Waals surface area contributed by atoms with Crippen LogP contribution in [0.5, 0.6) is 5.75 Å². The van der Waals surface area contributed by atoms with Crippen molar-refractivity contribution in [1.82, 2.24) is 10.2 Å². The number of phenols is 1. The van der Waals surface area contributed by atoms with Gasteiger partial charge < -0.3 is 20.2 Å². The molecule has 3 aliphatic rings. The van der Waals surface area contributed by atoms with Crippen LogP contribution < -0.4 is 10.2 Å². The van der Waals surface area contributed by atoms with E-state index in [0.717, 1.165) is 44.3 Å². The van der Waals surface area contributed by atoms with Crippen molar-refractivity contribution < 1.29 is 9.90 Å². The molecule has 2 saturated carbocycles. The van der Waals surface area contributed by atoms with Crippen molar-refractivity contribution in [2.75, 3.05) is 37.6 Å². The maximum absolute atomic E-state index is 12.5. The van der Waals surface area contributed by atoms with E-state index in [4.69, 9.17) is 0 Å². The number of aromatic hydroxyl groups is 1. The summed E-state index contributed by atoms with van der Waals surface area (Å²) < 4.78 is 0. The van der Waals surface area contributed by atoms with Crippen LogP contribution in [0, 0.1) is 11.3 Å². The van der Waals surface area contributed by atoms with E-state index in [2.05, 4.69) is 10.2 Å². The van der Waals surface area contributed by atoms with Crippen LogP contribution in [-0.4, -0.2) is 48.8 Å². The molecule has 1 aromatic carbocycles. The van der Waals surface area contributed by atoms with Crippen LogP contribution in [0.4, 0.5) is 10.5 Å². The van der Waals surface area contributed by atoms with Gasteiger partial charge in [-0.3, -0.25) is 0 Å². The average molecular weight is 329 g/mol. The maximum atomic E-state index is 12.5. The number of carbonyl (C=O) groups is 1. The molecule has 0 radical (unpaired) electrons. The minimum absolute atomic E-state index is 0.0949. The summed E-state index contributed by atoms with van der Waals surface area (Å²) in [4.78, 5) is 16.6. The Labute approximate surface area is 143 Å². The summed E-state index contributed by atoms with van der Waals surface area (Å²) in [6.45, 7) is 3.95. The van der Waals surface area contributed by atoms with Crippen LogP contribution in [-0.2, 0) is 0 Å². The van der Waals surface area contributed by atoms with Crippen LogP contribution in [0.1, 0.15) is 32.1 Å². The molecule has 0 unspecified atom stereocenters. The third-order valence-corrected chi connectivity index (χ3v) is 6.15. The minimum atomic E-state index is 0.0949. The first-order valence-corrected chi connectivity index (χ1v) is 9.23. The molecular formula is C19H27N3O2. The SMILES string of the molecule is O=C(NCC1(C2CC2)CCC1)N1CCN(c2cccc(O)c2)CC1. The van der Waals surface area contributed by atoms with Gasteiger partial charge in [0.25, 0.3) is 0 Å². The van der Waals surface area contributed by atoms with Crippen LogP contribution >= 0.6 is 0 Å². The molecular weight excluding hydrogens is 302 g/mol. The molecule has 2 N–H and O–H groups in total. The first-order valence-electron chi connectivity index (χ1n) is 9.23. The van der Waals surface area contributed by atoms with Gasteiger partial charge in [-0.1, -0.05) is 12.5 Å². The Morgan fingerprint density at radius 2 is 1.96 bits per heavy atom. The number of nitrogens with one attached hydrogen (secondary N) is 1. The monoisotopic (exact) mass is 329 g/mol. The molecule has 0 bridgehead atoms. The quantitative estimate of drug-likeness (QED) is 0.893. The van der Waals surface area contributed by atoms with Gasteiger partial charge in [-0.15, -0.1) is 0 Å². The van der Waals surface area contributed by atoms with Crippen LogP contribution in [0.15, 0.2) is 24.3 Å². The number of carbonyl (C=O) groups excluding carboxylic acids is 1. The van der Waals surface area contributed by atoms with E-state index in [1.165, 1.54) is 32.1 Å². The molecule has 5 heteroatoms. The Hall–Kier alpha value is -1.91. The molecule has 5 nitrogen and oxygen atoms in total. The number of hydrogen-bond donors (Lipinski definition) is 2. The molecule has 1 saturated heterocycles. The van der Waals surface area contributed by atoms with Gasteiger partial charge in [0.05, 0.1) is 0 Å². The van der Waals surface area contributed by atoms with E-state index in [9.17, 15) is 9.90 Å². The highest BCUT2D eigenvalue weighted by Gasteiger charge is 2.49. The van der Waals surface area contributed by atoms with Crippen molar-refractivity contribution in [2.24, 2.45) is 11.3 Å². The van der Waals surface area contributed by atoms with Gasteiger partial charge in [-0.25, -0.2) is 4.79 Å². The molecule has 3 fully saturated rings. The van der Waals surface area contributed by atoms with Crippen LogP contribution in [0.3, 0.4) is 0 Å². The predicted octanol–water partition coefficient (Wildman–Crippen LogP) is 2.80. The topological polar surface area (TPSA) is 55.8 Å². The summed E-state index contributed by atoms with van der Waals surface area (Å²) in [6, 6.07) is 7.43. The second-order valence-electron chi connectivity index (χ2n) is 7.64. The Bertz CT molecular complexity index is 602. The number of anilines is 1. The van der Waals surface area contributed by atoms with E-state index >= 15 is 0 Å². The summed E-state index contributed by atoms with van der Waals surface area (Å²) in [5.74, 6) is 1.16. The van der Waals surface area contributed by atoms with Gasteiger partial charge in [-0.2, -0.15) is 0 Å². The van der Waals surface area contributed by atoms with Crippen molar-refractivity contribution in [1.29, 1.82) is 0 Å². The highest BCUT2D eigenvalue weighted by atomic mass is 16.3. The smallest absolute Gasteiger partial charge is 0.317 e. The summed E-state index contributed by atoms with van der Waals surface area (Å²) in [5, 5.41) is 12.8. The number of benzene rings is 1. The molecule has 2 aliphatic carbocycles. The Balaban J connectivity index is 1.27. The largest absolute Gasteiger partial charge is 0.508 e. The molecule has 1 aliphatic heterocycles. The lowest BCUT2D eigenvalue weighted by Gasteiger charge is -2.43. The summed E-state index contributed by atoms with van der Waals surface area (Å²) in [5.41, 5.74) is 1.45. The van der Waals surface area contributed by atoms with Crippen molar-refractivity contribution in [3.05, 3.63) is 24.3 Å². The predicted molar refractivity (Wildman–Crippen MR) is 94.3 cm³/mol. The van der Waals surface area contributed by atoms with Gasteiger partial charge in [-0.05, 0) is 49.1 Å². The van der Waals surface area contributed by atoms with Crippen LogP contribution in [0.2, 0.25) is 0 Å². The van der Waals surface area contributed by atoms with Crippen LogP contribution in [0.25, 0.3) is 0 Å². The molecule has 0 aromatic heterocycles. The van der Waals surface area contributed by atoms with Crippen molar-refractivity contribution >= 4 is 11.7 Å². The third kappa shape index (κ3) is 3.04. The molecule has 4 rings (SSSR count). The number of phenolic OH excluding ortho intramolecular Hbond substituents is 1. The Morgan fingerprint density at radius 1 is 1.21 bits per heavy atom. The second kappa shape index (κ2) is 6.19. The van der Waals surface area contributed by atoms with Crippen molar-refractivity contribution in [3.63, 3.8) is 0 Å². The zero-order valence-electron chi connectivity index (χ0n) is 14.2. The fourth-order valence-electron chi connectivity index (χ4n) is 4.28. The second-order valence-corrected chi connectivity index (χ2v) is 7.64. The Morgan fingerprint density at radius 3 is 2.54 bits per heavy atom. The van der Waals surface area contributed by atoms with E-state index in [0.29, 0.717) is 11.2 Å². The molecule has 2 amide bonds. The summed E-state index contributed by atoms with van der Waals surface area (Å²) >= 11 is 0. The number of nitrogens with zero attached hydrogens (tertiary/aromatic N) is 2. The van der Waals surface area contributed by atoms with E-state index in [1.54, 1.807) is 12.1 Å². The van der Waals surface area contributed by atoms with Gasteiger partial charge in [0, 0.05) is 44.5 Å². The van der Waals surface area contributed by atoms with E-state index in [-0.39, 0.29) is 6.03 Å². The number of hydrogen-bond acceptors (Lipinski definition) is 3. The molecule has 0 spiro atoms. The van der Waals surface area contributed by atoms with E-state index in [1.807, 2.05) is 17.0 Å². The fraction of sp³-hybridized carbons (Fsp3) is 0.632. The zero-order valence-corrected chi connectivity index (χ0v) is 14.2. The zero-order chi connectivity index (χ0) is 16.6. The lowest BCUT2D eigenvalue weighted by Crippen LogP contribution is -2.54. The molecule has 24 heavy (non-hydrogen) atoms. The first kappa shape index (κ1) is 15.6. The third-order valence-electron chi connectivity index (χ3n) is 6.15. The normalized spacial score (nSPS) is 22.8. The van der Waals surface area contributed by atoms with Crippen molar-refractivity contribution in [3.8, 4) is 5.75 Å². The highest BCUT2D eigenvalue weighted by molar-refractivity contribution is 5.74. The molecule has 0 atom stereocenters. The lowest BCUT2D eigenvalue weighted by molar-refractivity contribution is 0.0976. The van der Waals surface area contributed by atoms with Gasteiger partial charge in [0.1, 0.15) is 5.75 Å². The standard InChI is InChI=1S/C19H27N3O2/c23-17-4-1-3-16(13-17)21-9-11-22(12-10-21)18(24)20-14-19(7-2-8-19)15-5-6-15/h1,3-4,13,15,23H,2,5-12,14H2,(H,20,24). The van der Waals surface area contributed by atoms with Gasteiger partial charge in [0.2, 0.25) is 0 Å². The first-order chi connectivity index (χ1) is 11.7. The van der Waals surface area contributed by atoms with Gasteiger partial charge >= 0.3 is 6.03 Å². The molecule has 130 valence electrons. The highest BCUT2D eigenvalue weighted by Crippen LogP contribution is 2.56. The fourth-order valence-corrected chi connectivity index (χ4v) is 4.28. The number of rotatable bonds is 4. The lowest BCUT2D eigenvalue weighted by atomic mass is 9.65. The summed E-state index contributed by atoms with van der Waals surface area (Å²) in [6.07, 6.45) is 6.64. The van der Waals surface area contributed by atoms with Crippen molar-refractivity contribution in [2.45, 2.75) is 32.1 Å². The summed E-state index contributed by atoms with van der Waals surface area (Å²) in [7, 11) is 0. The maximum Gasteiger partial charge on any atom is 0.317 e. The number of amides is 2. The van der Waals surface area contributed by atoms with Gasteiger partial charge in [0.15, 0.2) is 0 Å². The number of piperazine rings is 1. The molecule has 1 heterocycles. The molecule has 1 aromatic rings. The number of urea groups is 1. The minimum Gasteiger partial charge on any atom is -0.508 e. The Kier molecular flexibility index (Phi) is 4.02. The van der Waals surface area contributed by atoms with E-state index < -0.39 is 0 Å². The average Bonchev–Trinajstić information content (AvgIpc) is 3.39.